The monoisotopic (exact) mass is 814 g/mol. The summed E-state index contributed by atoms with van der Waals surface area (Å²) in [5, 5.41) is 37.1. The quantitative estimate of drug-likeness (QED) is 0.0936. The van der Waals surface area contributed by atoms with E-state index in [1.165, 1.54) is 18.3 Å². The second-order valence-electron chi connectivity index (χ2n) is 18.6. The van der Waals surface area contributed by atoms with E-state index in [2.05, 4.69) is 99.0 Å². The highest BCUT2D eigenvalue weighted by Gasteiger charge is 2.44. The van der Waals surface area contributed by atoms with Crippen molar-refractivity contribution >= 4 is 27.8 Å². The van der Waals surface area contributed by atoms with Crippen LogP contribution in [0.1, 0.15) is 128 Å². The number of halogens is 1. The van der Waals surface area contributed by atoms with Gasteiger partial charge in [0.15, 0.2) is 0 Å². The molecule has 4 aromatic carbocycles. The van der Waals surface area contributed by atoms with Gasteiger partial charge in [-0.3, -0.25) is 15.1 Å². The fourth-order valence-electron chi connectivity index (χ4n) is 7.04. The molecule has 1 atom stereocenters. The molecule has 0 heterocycles. The predicted octanol–water partition coefficient (Wildman–Crippen LogP) is 11.2. The van der Waals surface area contributed by atoms with E-state index in [0.29, 0.717) is 11.1 Å². The molecule has 9 heteroatoms. The van der Waals surface area contributed by atoms with Gasteiger partial charge in [-0.05, 0) is 85.0 Å². The van der Waals surface area contributed by atoms with Gasteiger partial charge in [-0.25, -0.2) is 0 Å². The number of nitro benzene ring substituents is 1. The molecule has 0 saturated heterocycles. The van der Waals surface area contributed by atoms with E-state index < -0.39 is 16.6 Å². The third-order valence-electron chi connectivity index (χ3n) is 10.1. The van der Waals surface area contributed by atoms with Crippen LogP contribution in [0.4, 0.5) is 5.69 Å². The van der Waals surface area contributed by atoms with E-state index in [1.807, 2.05) is 54.6 Å². The summed E-state index contributed by atoms with van der Waals surface area (Å²) in [7, 11) is 3.37. The van der Waals surface area contributed by atoms with Crippen LogP contribution in [-0.2, 0) is 33.7 Å². The summed E-state index contributed by atoms with van der Waals surface area (Å²) in [4.78, 5) is 16.5. The Morgan fingerprint density at radius 1 is 0.727 bits per heavy atom. The van der Waals surface area contributed by atoms with E-state index >= 15 is 0 Å². The summed E-state index contributed by atoms with van der Waals surface area (Å²) in [6, 6.07) is 19.6. The molecule has 8 nitrogen and oxygen atoms in total. The average molecular weight is 816 g/mol. The van der Waals surface area contributed by atoms with Crippen molar-refractivity contribution in [1.82, 2.24) is 0 Å². The normalized spacial score (nSPS) is 13.6. The van der Waals surface area contributed by atoms with E-state index in [0.717, 1.165) is 39.3 Å². The molecule has 0 aliphatic carbocycles. The molecule has 0 amide bonds. The lowest BCUT2D eigenvalue weighted by Crippen LogP contribution is -2.42. The molecule has 0 spiro atoms. The van der Waals surface area contributed by atoms with Gasteiger partial charge in [-0.1, -0.05) is 113 Å². The second kappa shape index (κ2) is 15.7. The minimum absolute atomic E-state index is 0.141. The zero-order chi connectivity index (χ0) is 41.5. The third-order valence-corrected chi connectivity index (χ3v) is 10.7. The van der Waals surface area contributed by atoms with Crippen molar-refractivity contribution in [3.05, 3.63) is 126 Å². The molecule has 0 saturated carbocycles. The topological polar surface area (TPSA) is 114 Å². The number of phenols is 1. The van der Waals surface area contributed by atoms with E-state index in [1.54, 1.807) is 14.2 Å². The molecule has 4 rings (SSSR count). The van der Waals surface area contributed by atoms with Crippen molar-refractivity contribution < 1.29 is 24.6 Å². The highest BCUT2D eigenvalue weighted by Crippen LogP contribution is 2.49. The largest absolute Gasteiger partial charge is 0.506 e. The van der Waals surface area contributed by atoms with E-state index in [-0.39, 0.29) is 49.6 Å². The van der Waals surface area contributed by atoms with Gasteiger partial charge in [-0.15, -0.1) is 0 Å². The average Bonchev–Trinajstić information content (AvgIpc) is 3.08. The highest BCUT2D eigenvalue weighted by molar-refractivity contribution is 9.10. The number of hydrogen-bond acceptors (Lipinski definition) is 7. The molecular weight excluding hydrogens is 756 g/mol. The van der Waals surface area contributed by atoms with Gasteiger partial charge < -0.3 is 19.7 Å². The lowest BCUT2D eigenvalue weighted by Gasteiger charge is -2.40. The van der Waals surface area contributed by atoms with E-state index in [9.17, 15) is 20.3 Å². The number of nitro groups is 1. The van der Waals surface area contributed by atoms with Crippen molar-refractivity contribution in [3.8, 4) is 17.2 Å². The third kappa shape index (κ3) is 9.26. The van der Waals surface area contributed by atoms with Crippen LogP contribution in [0.5, 0.6) is 17.2 Å². The van der Waals surface area contributed by atoms with Crippen LogP contribution >= 0.6 is 15.9 Å². The summed E-state index contributed by atoms with van der Waals surface area (Å²) < 4.78 is 12.5. The van der Waals surface area contributed by atoms with Crippen molar-refractivity contribution in [2.24, 2.45) is 4.99 Å². The number of nitrogens with zero attached hydrogens (tertiary/aromatic N) is 2. The second-order valence-corrected chi connectivity index (χ2v) is 19.4. The zero-order valence-corrected chi connectivity index (χ0v) is 36.6. The fourth-order valence-corrected chi connectivity index (χ4v) is 7.51. The first kappa shape index (κ1) is 43.5. The lowest BCUT2D eigenvalue weighted by atomic mass is 9.70. The first-order valence-corrected chi connectivity index (χ1v) is 19.5. The number of benzene rings is 4. The molecule has 0 aromatic heterocycles. The molecule has 0 aliphatic rings. The highest BCUT2D eigenvalue weighted by atomic mass is 79.9. The van der Waals surface area contributed by atoms with Crippen LogP contribution in [0.25, 0.3) is 0 Å². The van der Waals surface area contributed by atoms with Gasteiger partial charge >= 0.3 is 0 Å². The minimum Gasteiger partial charge on any atom is -0.506 e. The predicted molar refractivity (Wildman–Crippen MR) is 228 cm³/mol. The molecule has 296 valence electrons. The Labute approximate surface area is 336 Å². The lowest BCUT2D eigenvalue weighted by molar-refractivity contribution is -0.385. The van der Waals surface area contributed by atoms with Crippen molar-refractivity contribution in [1.29, 1.82) is 0 Å². The van der Waals surface area contributed by atoms with Gasteiger partial charge in [0.05, 0.1) is 29.7 Å². The summed E-state index contributed by atoms with van der Waals surface area (Å²) in [6.07, 6.45) is 1.72. The van der Waals surface area contributed by atoms with Gasteiger partial charge in [0.2, 0.25) is 0 Å². The SMILES string of the molecule is COc1c(C(C)(C)C)cc(C(O)(c2cc(C(C)(C)C)c(OC)c(C(C)(C)C)c2)C(Cc2ccccc2)N=Cc2cc([N+](=O)[O-])cc(Br)c2O)cc1C(C)(C)C. The van der Waals surface area contributed by atoms with Crippen LogP contribution in [0, 0.1) is 10.1 Å². The Kier molecular flexibility index (Phi) is 12.4. The zero-order valence-electron chi connectivity index (χ0n) is 35.0. The summed E-state index contributed by atoms with van der Waals surface area (Å²) >= 11 is 3.28. The Balaban J connectivity index is 2.29. The van der Waals surface area contributed by atoms with E-state index in [4.69, 9.17) is 14.5 Å². The number of methoxy groups -OCH3 is 2. The Bertz CT molecular complexity index is 1910. The number of hydrogen-bond donors (Lipinski definition) is 2. The number of non-ortho nitro benzene ring substituents is 1. The van der Waals surface area contributed by atoms with Crippen molar-refractivity contribution in [2.45, 2.75) is 123 Å². The number of ether oxygens (including phenoxy) is 2. The molecule has 0 aliphatic heterocycles. The Morgan fingerprint density at radius 2 is 1.13 bits per heavy atom. The number of aromatic hydroxyl groups is 1. The minimum atomic E-state index is -1.81. The molecule has 1 unspecified atom stereocenters. The van der Waals surface area contributed by atoms with Gasteiger partial charge in [0.1, 0.15) is 22.8 Å². The Hall–Kier alpha value is -4.21. The molecule has 0 fully saturated rings. The van der Waals surface area contributed by atoms with Crippen LogP contribution in [-0.4, -0.2) is 41.6 Å². The maximum atomic E-state index is 14.1. The van der Waals surface area contributed by atoms with Crippen LogP contribution < -0.4 is 9.47 Å². The summed E-state index contributed by atoms with van der Waals surface area (Å²) in [5.74, 6) is 1.34. The molecule has 0 bridgehead atoms. The first-order valence-electron chi connectivity index (χ1n) is 18.7. The van der Waals surface area contributed by atoms with Gasteiger partial charge in [0.25, 0.3) is 5.69 Å². The number of rotatable bonds is 10. The maximum absolute atomic E-state index is 14.1. The Morgan fingerprint density at radius 3 is 1.47 bits per heavy atom. The first-order chi connectivity index (χ1) is 25.2. The molecule has 55 heavy (non-hydrogen) atoms. The fraction of sp³-hybridized carbons (Fsp3) is 0.457. The number of phenolic OH excluding ortho intramolecular Hbond substituents is 1. The summed E-state index contributed by atoms with van der Waals surface area (Å²) in [5.41, 5.74) is 2.49. The number of aliphatic hydroxyl groups is 1. The van der Waals surface area contributed by atoms with Crippen molar-refractivity contribution in [2.75, 3.05) is 14.2 Å². The van der Waals surface area contributed by atoms with Crippen molar-refractivity contribution in [3.63, 3.8) is 0 Å². The summed E-state index contributed by atoms with van der Waals surface area (Å²) in [6.45, 7) is 25.6. The van der Waals surface area contributed by atoms with Crippen LogP contribution in [0.2, 0.25) is 0 Å². The molecule has 2 N–H and O–H groups in total. The maximum Gasteiger partial charge on any atom is 0.271 e. The van der Waals surface area contributed by atoms with Crippen LogP contribution in [0.3, 0.4) is 0 Å². The number of aliphatic imine (C=N–C) groups is 1. The molecular formula is C46H59BrN2O6. The smallest absolute Gasteiger partial charge is 0.271 e. The van der Waals surface area contributed by atoms with Gasteiger partial charge in [-0.2, -0.15) is 0 Å². The standard InChI is InChI=1S/C46H59BrN2O6/c1-42(2,3)33-22-30(23-34(40(33)54-13)43(4,5)6)46(51,31-24-35(44(7,8)9)41(55-14)36(25-31)45(10,11)12)38(20-28-18-16-15-17-19-28)48-27-29-21-32(49(52)53)26-37(47)39(29)50/h15-19,21-27,38,50-51H,20H2,1-14H3. The van der Waals surface area contributed by atoms with Gasteiger partial charge in [0, 0.05) is 46.2 Å². The van der Waals surface area contributed by atoms with Crippen LogP contribution in [0.15, 0.2) is 76.2 Å². The molecule has 4 aromatic rings. The molecule has 0 radical (unpaired) electrons.